The first kappa shape index (κ1) is 9.68. The van der Waals surface area contributed by atoms with Crippen LogP contribution in [-0.2, 0) is 17.9 Å². The van der Waals surface area contributed by atoms with Crippen molar-refractivity contribution in [3.63, 3.8) is 0 Å². The Kier molecular flexibility index (Phi) is 3.16. The van der Waals surface area contributed by atoms with Gasteiger partial charge in [0.15, 0.2) is 0 Å². The Balaban J connectivity index is 1.95. The molecule has 0 bridgehead atoms. The highest BCUT2D eigenvalue weighted by Crippen LogP contribution is 2.15. The predicted molar refractivity (Wildman–Crippen MR) is 51.7 cm³/mol. The molecule has 1 aliphatic rings. The summed E-state index contributed by atoms with van der Waals surface area (Å²) in [6.07, 6.45) is 7.28. The Labute approximate surface area is 83.5 Å². The summed E-state index contributed by atoms with van der Waals surface area (Å²) in [5.41, 5.74) is 0.860. The van der Waals surface area contributed by atoms with E-state index in [0.29, 0.717) is 6.10 Å². The molecular formula is C10H16N2O2. The smallest absolute Gasteiger partial charge is 0.0949 e. The van der Waals surface area contributed by atoms with Crippen molar-refractivity contribution in [2.45, 2.75) is 38.5 Å². The molecule has 4 nitrogen and oxygen atoms in total. The minimum atomic E-state index is 0.0483. The van der Waals surface area contributed by atoms with Crippen LogP contribution in [0.15, 0.2) is 12.5 Å². The average Bonchev–Trinajstić information content (AvgIpc) is 2.67. The summed E-state index contributed by atoms with van der Waals surface area (Å²) < 4.78 is 7.59. The minimum absolute atomic E-state index is 0.0483. The van der Waals surface area contributed by atoms with Gasteiger partial charge in [-0.15, -0.1) is 0 Å². The molecule has 2 heterocycles. The zero-order valence-corrected chi connectivity index (χ0v) is 8.22. The average molecular weight is 196 g/mol. The van der Waals surface area contributed by atoms with Crippen LogP contribution in [0.4, 0.5) is 0 Å². The molecule has 0 spiro atoms. The van der Waals surface area contributed by atoms with Crippen LogP contribution in [0.5, 0.6) is 0 Å². The van der Waals surface area contributed by atoms with E-state index < -0.39 is 0 Å². The molecule has 1 aliphatic heterocycles. The van der Waals surface area contributed by atoms with E-state index in [1.54, 1.807) is 12.5 Å². The van der Waals surface area contributed by atoms with Gasteiger partial charge in [0.05, 0.1) is 37.5 Å². The third-order valence-electron chi connectivity index (χ3n) is 2.63. The molecule has 1 aromatic rings. The zero-order valence-electron chi connectivity index (χ0n) is 8.22. The molecule has 14 heavy (non-hydrogen) atoms. The number of hydrogen-bond acceptors (Lipinski definition) is 3. The van der Waals surface area contributed by atoms with Crippen LogP contribution in [0.1, 0.15) is 25.0 Å². The van der Waals surface area contributed by atoms with Crippen LogP contribution in [-0.4, -0.2) is 27.4 Å². The molecule has 4 heteroatoms. The van der Waals surface area contributed by atoms with E-state index in [0.717, 1.165) is 25.3 Å². The summed E-state index contributed by atoms with van der Waals surface area (Å²) in [6, 6.07) is 0. The fraction of sp³-hybridized carbons (Fsp3) is 0.700. The number of rotatable bonds is 3. The van der Waals surface area contributed by atoms with Crippen molar-refractivity contribution >= 4 is 0 Å². The second kappa shape index (κ2) is 4.57. The number of aliphatic hydroxyl groups excluding tert-OH is 1. The Morgan fingerprint density at radius 2 is 2.50 bits per heavy atom. The Morgan fingerprint density at radius 3 is 3.21 bits per heavy atom. The first-order valence-corrected chi connectivity index (χ1v) is 5.11. The summed E-state index contributed by atoms with van der Waals surface area (Å²) in [6.45, 7) is 1.73. The van der Waals surface area contributed by atoms with E-state index in [2.05, 4.69) is 4.98 Å². The van der Waals surface area contributed by atoms with Gasteiger partial charge in [0.25, 0.3) is 0 Å². The highest BCUT2D eigenvalue weighted by molar-refractivity contribution is 4.96. The van der Waals surface area contributed by atoms with Gasteiger partial charge in [-0.3, -0.25) is 0 Å². The van der Waals surface area contributed by atoms with Gasteiger partial charge in [-0.2, -0.15) is 0 Å². The van der Waals surface area contributed by atoms with Crippen LogP contribution in [0.2, 0.25) is 0 Å². The second-order valence-corrected chi connectivity index (χ2v) is 3.68. The predicted octanol–water partition coefficient (Wildman–Crippen LogP) is 0.944. The summed E-state index contributed by atoms with van der Waals surface area (Å²) in [4.78, 5) is 4.01. The number of aliphatic hydroxyl groups is 1. The lowest BCUT2D eigenvalue weighted by molar-refractivity contribution is 0.00513. The van der Waals surface area contributed by atoms with Crippen LogP contribution < -0.4 is 0 Å². The van der Waals surface area contributed by atoms with Gasteiger partial charge in [0, 0.05) is 6.61 Å². The molecule has 0 amide bonds. The first-order valence-electron chi connectivity index (χ1n) is 5.11. The van der Waals surface area contributed by atoms with Crippen LogP contribution in [0.3, 0.4) is 0 Å². The number of imidazole rings is 1. The van der Waals surface area contributed by atoms with Gasteiger partial charge in [0.2, 0.25) is 0 Å². The maximum Gasteiger partial charge on any atom is 0.0949 e. The second-order valence-electron chi connectivity index (χ2n) is 3.68. The molecule has 78 valence electrons. The van der Waals surface area contributed by atoms with Crippen molar-refractivity contribution in [2.24, 2.45) is 0 Å². The maximum absolute atomic E-state index is 9.04. The number of hydrogen-bond donors (Lipinski definition) is 1. The number of nitrogens with zero attached hydrogens (tertiary/aromatic N) is 2. The van der Waals surface area contributed by atoms with Crippen molar-refractivity contribution in [3.8, 4) is 0 Å². The number of ether oxygens (including phenoxy) is 1. The molecule has 2 rings (SSSR count). The van der Waals surface area contributed by atoms with Gasteiger partial charge in [-0.05, 0) is 19.3 Å². The molecule has 1 unspecified atom stereocenters. The third kappa shape index (κ3) is 2.13. The normalized spacial score (nSPS) is 22.5. The standard InChI is InChI=1S/C10H16N2O2/c13-7-9-5-11-8-12(9)6-10-3-1-2-4-14-10/h5,8,10,13H,1-4,6-7H2. The van der Waals surface area contributed by atoms with E-state index in [1.165, 1.54) is 12.8 Å². The molecule has 1 fully saturated rings. The maximum atomic E-state index is 9.04. The van der Waals surface area contributed by atoms with Gasteiger partial charge in [-0.25, -0.2) is 4.98 Å². The fourth-order valence-electron chi connectivity index (χ4n) is 1.81. The topological polar surface area (TPSA) is 47.3 Å². The molecule has 0 aliphatic carbocycles. The quantitative estimate of drug-likeness (QED) is 0.782. The van der Waals surface area contributed by atoms with Crippen molar-refractivity contribution in [1.82, 2.24) is 9.55 Å². The van der Waals surface area contributed by atoms with Crippen molar-refractivity contribution in [3.05, 3.63) is 18.2 Å². The largest absolute Gasteiger partial charge is 0.390 e. The lowest BCUT2D eigenvalue weighted by atomic mass is 10.1. The third-order valence-corrected chi connectivity index (χ3v) is 2.63. The van der Waals surface area contributed by atoms with Crippen molar-refractivity contribution in [2.75, 3.05) is 6.61 Å². The van der Waals surface area contributed by atoms with Crippen molar-refractivity contribution < 1.29 is 9.84 Å². The summed E-state index contributed by atoms with van der Waals surface area (Å²) in [5.74, 6) is 0. The molecule has 1 aromatic heterocycles. The Morgan fingerprint density at radius 1 is 1.57 bits per heavy atom. The van der Waals surface area contributed by atoms with E-state index in [4.69, 9.17) is 9.84 Å². The van der Waals surface area contributed by atoms with Crippen LogP contribution in [0, 0.1) is 0 Å². The first-order chi connectivity index (χ1) is 6.90. The molecule has 0 radical (unpaired) electrons. The highest BCUT2D eigenvalue weighted by atomic mass is 16.5. The zero-order chi connectivity index (χ0) is 9.80. The van der Waals surface area contributed by atoms with Crippen molar-refractivity contribution in [1.29, 1.82) is 0 Å². The van der Waals surface area contributed by atoms with Crippen LogP contribution in [0.25, 0.3) is 0 Å². The summed E-state index contributed by atoms with van der Waals surface area (Å²) >= 11 is 0. The minimum Gasteiger partial charge on any atom is -0.390 e. The van der Waals surface area contributed by atoms with Gasteiger partial charge in [0.1, 0.15) is 0 Å². The lowest BCUT2D eigenvalue weighted by Crippen LogP contribution is -2.24. The molecule has 1 N–H and O–H groups in total. The van der Waals surface area contributed by atoms with Crippen LogP contribution >= 0.6 is 0 Å². The van der Waals surface area contributed by atoms with E-state index in [9.17, 15) is 0 Å². The number of aromatic nitrogens is 2. The summed E-state index contributed by atoms with van der Waals surface area (Å²) in [5, 5.41) is 9.04. The lowest BCUT2D eigenvalue weighted by Gasteiger charge is -2.23. The molecule has 1 saturated heterocycles. The molecule has 0 aromatic carbocycles. The van der Waals surface area contributed by atoms with E-state index in [1.807, 2.05) is 4.57 Å². The van der Waals surface area contributed by atoms with Gasteiger partial charge >= 0.3 is 0 Å². The fourth-order valence-corrected chi connectivity index (χ4v) is 1.81. The Bertz CT molecular complexity index is 279. The highest BCUT2D eigenvalue weighted by Gasteiger charge is 2.15. The molecule has 0 saturated carbocycles. The van der Waals surface area contributed by atoms with Gasteiger partial charge in [-0.1, -0.05) is 0 Å². The SMILES string of the molecule is OCc1cncn1CC1CCCCO1. The Hall–Kier alpha value is -0.870. The monoisotopic (exact) mass is 196 g/mol. The molecule has 1 atom stereocenters. The molecular weight excluding hydrogens is 180 g/mol. The summed E-state index contributed by atoms with van der Waals surface area (Å²) in [7, 11) is 0. The van der Waals surface area contributed by atoms with E-state index >= 15 is 0 Å². The van der Waals surface area contributed by atoms with Gasteiger partial charge < -0.3 is 14.4 Å². The van der Waals surface area contributed by atoms with E-state index in [-0.39, 0.29) is 6.61 Å².